The predicted molar refractivity (Wildman–Crippen MR) is 145 cm³/mol. The summed E-state index contributed by atoms with van der Waals surface area (Å²) in [5.74, 6) is -0.431. The van der Waals surface area contributed by atoms with Crippen molar-refractivity contribution in [2.45, 2.75) is 44.6 Å². The Morgan fingerprint density at radius 1 is 1.00 bits per heavy atom. The van der Waals surface area contributed by atoms with Gasteiger partial charge in [0.15, 0.2) is 5.78 Å². The Hall–Kier alpha value is -4.32. The number of rotatable bonds is 6. The third-order valence-corrected chi connectivity index (χ3v) is 7.38. The molecule has 0 saturated carbocycles. The maximum Gasteiger partial charge on any atom is 0.337 e. The summed E-state index contributed by atoms with van der Waals surface area (Å²) in [5, 5.41) is 13.7. The number of esters is 1. The molecule has 5 rings (SSSR count). The van der Waals surface area contributed by atoms with Crippen LogP contribution in [0.5, 0.6) is 11.5 Å². The second-order valence-electron chi connectivity index (χ2n) is 9.81. The first kappa shape index (κ1) is 25.3. The molecule has 38 heavy (non-hydrogen) atoms. The van der Waals surface area contributed by atoms with Gasteiger partial charge in [-0.1, -0.05) is 60.7 Å². The number of nitrogens with one attached hydrogen (secondary N) is 1. The molecule has 0 amide bonds. The Labute approximate surface area is 222 Å². The summed E-state index contributed by atoms with van der Waals surface area (Å²) < 4.78 is 11.5. The van der Waals surface area contributed by atoms with Gasteiger partial charge in [-0.15, -0.1) is 0 Å². The zero-order valence-electron chi connectivity index (χ0n) is 21.7. The molecule has 0 spiro atoms. The zero-order chi connectivity index (χ0) is 26.8. The van der Waals surface area contributed by atoms with E-state index < -0.39 is 18.0 Å². The SMILES string of the molecule is COc1ccccc1[C@H]1CC(=O)C2=C(C1)NC(C)=C(C(=O)O[C@H](C)c1ccccc1)[C@H]2c1cccc(O)c1. The van der Waals surface area contributed by atoms with Gasteiger partial charge in [-0.2, -0.15) is 0 Å². The highest BCUT2D eigenvalue weighted by Gasteiger charge is 2.42. The van der Waals surface area contributed by atoms with Gasteiger partial charge in [-0.05, 0) is 55.2 Å². The monoisotopic (exact) mass is 509 g/mol. The molecule has 0 aromatic heterocycles. The molecule has 6 heteroatoms. The predicted octanol–water partition coefficient (Wildman–Crippen LogP) is 6.07. The molecule has 2 aliphatic rings. The van der Waals surface area contributed by atoms with Crippen LogP contribution in [-0.4, -0.2) is 24.0 Å². The second-order valence-corrected chi connectivity index (χ2v) is 9.81. The van der Waals surface area contributed by atoms with Crippen LogP contribution in [-0.2, 0) is 14.3 Å². The number of methoxy groups -OCH3 is 1. The molecule has 194 valence electrons. The van der Waals surface area contributed by atoms with Crippen LogP contribution in [0.15, 0.2) is 101 Å². The number of dihydropyridines is 1. The lowest BCUT2D eigenvalue weighted by Crippen LogP contribution is -2.36. The standard InChI is InChI=1S/C32H31NO5/c1-19-29(32(36)38-20(2)21-10-5-4-6-11-21)30(22-12-9-13-24(34)16-22)31-26(33-19)17-23(18-27(31)35)25-14-7-8-15-28(25)37-3/h4-16,20,23,30,33-34H,17-18H2,1-3H3/t20-,23-,30-/m1/s1. The molecule has 0 radical (unpaired) electrons. The van der Waals surface area contributed by atoms with E-state index in [4.69, 9.17) is 9.47 Å². The van der Waals surface area contributed by atoms with Crippen LogP contribution in [0.3, 0.4) is 0 Å². The van der Waals surface area contributed by atoms with Gasteiger partial charge in [0.2, 0.25) is 0 Å². The number of hydrogen-bond acceptors (Lipinski definition) is 6. The molecule has 1 aliphatic carbocycles. The van der Waals surface area contributed by atoms with Crippen LogP contribution in [0.1, 0.15) is 61.3 Å². The van der Waals surface area contributed by atoms with E-state index in [-0.39, 0.29) is 23.9 Å². The Kier molecular flexibility index (Phi) is 7.05. The number of carbonyl (C=O) groups excluding carboxylic acids is 2. The summed E-state index contributed by atoms with van der Waals surface area (Å²) >= 11 is 0. The van der Waals surface area contributed by atoms with E-state index >= 15 is 0 Å². The highest BCUT2D eigenvalue weighted by Crippen LogP contribution is 2.47. The highest BCUT2D eigenvalue weighted by molar-refractivity contribution is 6.04. The minimum atomic E-state index is -0.653. The van der Waals surface area contributed by atoms with Gasteiger partial charge in [0.1, 0.15) is 17.6 Å². The Morgan fingerprint density at radius 2 is 1.74 bits per heavy atom. The largest absolute Gasteiger partial charge is 0.508 e. The molecule has 3 atom stereocenters. The van der Waals surface area contributed by atoms with Crippen molar-refractivity contribution >= 4 is 11.8 Å². The number of hydrogen-bond donors (Lipinski definition) is 2. The fraction of sp³-hybridized carbons (Fsp3) is 0.250. The lowest BCUT2D eigenvalue weighted by atomic mass is 9.71. The van der Waals surface area contributed by atoms with Crippen LogP contribution < -0.4 is 10.1 Å². The van der Waals surface area contributed by atoms with Gasteiger partial charge in [-0.3, -0.25) is 4.79 Å². The summed E-state index contributed by atoms with van der Waals surface area (Å²) in [5.41, 5.74) is 4.88. The van der Waals surface area contributed by atoms with Gasteiger partial charge in [0, 0.05) is 35.2 Å². The van der Waals surface area contributed by atoms with Gasteiger partial charge in [0.25, 0.3) is 0 Å². The summed E-state index contributed by atoms with van der Waals surface area (Å²) in [6.45, 7) is 3.66. The fourth-order valence-electron chi connectivity index (χ4n) is 5.59. The van der Waals surface area contributed by atoms with Crippen molar-refractivity contribution in [2.75, 3.05) is 7.11 Å². The summed E-state index contributed by atoms with van der Waals surface area (Å²) in [4.78, 5) is 27.5. The lowest BCUT2D eigenvalue weighted by Gasteiger charge is -2.37. The molecule has 0 saturated heterocycles. The average Bonchev–Trinajstić information content (AvgIpc) is 2.92. The van der Waals surface area contributed by atoms with Gasteiger partial charge >= 0.3 is 5.97 Å². The van der Waals surface area contributed by atoms with E-state index in [0.29, 0.717) is 28.8 Å². The van der Waals surface area contributed by atoms with Gasteiger partial charge in [-0.25, -0.2) is 4.79 Å². The van der Waals surface area contributed by atoms with Crippen LogP contribution in [0.2, 0.25) is 0 Å². The number of allylic oxidation sites excluding steroid dienone is 3. The van der Waals surface area contributed by atoms with Crippen LogP contribution in [0.25, 0.3) is 0 Å². The van der Waals surface area contributed by atoms with E-state index in [9.17, 15) is 14.7 Å². The smallest absolute Gasteiger partial charge is 0.337 e. The first-order valence-corrected chi connectivity index (χ1v) is 12.8. The Balaban J connectivity index is 1.54. The van der Waals surface area contributed by atoms with E-state index in [0.717, 1.165) is 22.6 Å². The summed E-state index contributed by atoms with van der Waals surface area (Å²) in [6, 6.07) is 24.0. The molecular formula is C32H31NO5. The van der Waals surface area contributed by atoms with Crippen molar-refractivity contribution in [3.05, 3.63) is 118 Å². The van der Waals surface area contributed by atoms with E-state index in [1.54, 1.807) is 25.3 Å². The lowest BCUT2D eigenvalue weighted by molar-refractivity contribution is -0.144. The normalized spacial score (nSPS) is 19.9. The van der Waals surface area contributed by atoms with Gasteiger partial charge < -0.3 is 19.9 Å². The van der Waals surface area contributed by atoms with Crippen molar-refractivity contribution in [3.63, 3.8) is 0 Å². The molecule has 0 fully saturated rings. The number of carbonyl (C=O) groups is 2. The molecule has 3 aromatic rings. The number of para-hydroxylation sites is 1. The first-order chi connectivity index (χ1) is 18.4. The first-order valence-electron chi connectivity index (χ1n) is 12.8. The maximum absolute atomic E-state index is 13.8. The summed E-state index contributed by atoms with van der Waals surface area (Å²) in [6.07, 6.45) is 0.413. The molecule has 0 bridgehead atoms. The van der Waals surface area contributed by atoms with E-state index in [1.807, 2.05) is 74.5 Å². The Bertz CT molecular complexity index is 1440. The molecule has 0 unspecified atom stereocenters. The quantitative estimate of drug-likeness (QED) is 0.393. The number of benzene rings is 3. The molecule has 1 heterocycles. The van der Waals surface area contributed by atoms with Crippen molar-refractivity contribution in [1.29, 1.82) is 0 Å². The van der Waals surface area contributed by atoms with Crippen molar-refractivity contribution in [1.82, 2.24) is 5.32 Å². The molecular weight excluding hydrogens is 478 g/mol. The number of phenols is 1. The van der Waals surface area contributed by atoms with Crippen LogP contribution in [0.4, 0.5) is 0 Å². The van der Waals surface area contributed by atoms with Crippen molar-refractivity contribution in [3.8, 4) is 11.5 Å². The minimum Gasteiger partial charge on any atom is -0.508 e. The topological polar surface area (TPSA) is 84.9 Å². The number of ether oxygens (including phenoxy) is 2. The number of ketones is 1. The van der Waals surface area contributed by atoms with Crippen LogP contribution >= 0.6 is 0 Å². The van der Waals surface area contributed by atoms with Crippen molar-refractivity contribution < 1.29 is 24.2 Å². The molecule has 2 N–H and O–H groups in total. The summed E-state index contributed by atoms with van der Waals surface area (Å²) in [7, 11) is 1.63. The molecule has 6 nitrogen and oxygen atoms in total. The van der Waals surface area contributed by atoms with Crippen molar-refractivity contribution in [2.24, 2.45) is 0 Å². The maximum atomic E-state index is 13.8. The third kappa shape index (κ3) is 4.82. The molecule has 1 aliphatic heterocycles. The zero-order valence-corrected chi connectivity index (χ0v) is 21.7. The number of Topliss-reactive ketones (excluding diaryl/α,β-unsaturated/α-hetero) is 1. The van der Waals surface area contributed by atoms with E-state index in [1.165, 1.54) is 0 Å². The van der Waals surface area contributed by atoms with Crippen LogP contribution in [0, 0.1) is 0 Å². The second kappa shape index (κ2) is 10.6. The van der Waals surface area contributed by atoms with E-state index in [2.05, 4.69) is 5.32 Å². The molecule has 3 aromatic carbocycles. The minimum absolute atomic E-state index is 0.0445. The highest BCUT2D eigenvalue weighted by atomic mass is 16.5. The Morgan fingerprint density at radius 3 is 2.47 bits per heavy atom. The number of aromatic hydroxyl groups is 1. The van der Waals surface area contributed by atoms with Gasteiger partial charge in [0.05, 0.1) is 12.7 Å². The average molecular weight is 510 g/mol. The third-order valence-electron chi connectivity index (χ3n) is 7.38. The number of phenolic OH excluding ortho intramolecular Hbond substituents is 1. The fourth-order valence-corrected chi connectivity index (χ4v) is 5.59.